The molecule has 0 spiro atoms. The zero-order valence-corrected chi connectivity index (χ0v) is 20.0. The average molecular weight is 448 g/mol. The van der Waals surface area contributed by atoms with Crippen LogP contribution < -0.4 is 40.0 Å². The molecule has 10 heteroatoms. The molecule has 1 fully saturated rings. The fourth-order valence-corrected chi connectivity index (χ4v) is 5.10. The number of carbonyl (C=O) groups excluding carboxylic acids is 1. The van der Waals surface area contributed by atoms with E-state index in [0.29, 0.717) is 30.5 Å². The van der Waals surface area contributed by atoms with Crippen molar-refractivity contribution in [3.63, 3.8) is 0 Å². The van der Waals surface area contributed by atoms with Crippen molar-refractivity contribution in [3.8, 4) is 0 Å². The largest absolute Gasteiger partial charge is 1.00 e. The number of carboxylic acids is 1. The van der Waals surface area contributed by atoms with E-state index >= 15 is 0 Å². The maximum atomic E-state index is 13.0. The number of fused-ring (bicyclic) bond motifs is 1. The molecule has 8 nitrogen and oxygen atoms in total. The first-order valence-corrected chi connectivity index (χ1v) is 11.1. The molecule has 31 heavy (non-hydrogen) atoms. The molecule has 0 radical (unpaired) electrons. The topological polar surface area (TPSA) is 115 Å². The van der Waals surface area contributed by atoms with Gasteiger partial charge in [0, 0.05) is 37.6 Å². The van der Waals surface area contributed by atoms with Gasteiger partial charge in [0.15, 0.2) is 0 Å². The summed E-state index contributed by atoms with van der Waals surface area (Å²) in [6, 6.07) is 12.9. The van der Waals surface area contributed by atoms with Crippen LogP contribution in [0.3, 0.4) is 0 Å². The summed E-state index contributed by atoms with van der Waals surface area (Å²) in [5.74, 6) is -0.703. The van der Waals surface area contributed by atoms with Gasteiger partial charge in [0.25, 0.3) is 0 Å². The van der Waals surface area contributed by atoms with E-state index in [0.717, 1.165) is 23.6 Å². The van der Waals surface area contributed by atoms with Crippen LogP contribution in [0.5, 0.6) is 0 Å². The molecule has 1 N–H and O–H groups in total. The van der Waals surface area contributed by atoms with E-state index in [1.807, 2.05) is 30.3 Å². The van der Waals surface area contributed by atoms with Crippen LogP contribution in [0.4, 0.5) is 5.95 Å². The molecule has 0 unspecified atom stereocenters. The van der Waals surface area contributed by atoms with Gasteiger partial charge in [-0.1, -0.05) is 30.3 Å². The summed E-state index contributed by atoms with van der Waals surface area (Å²) in [6.45, 7) is 1.49. The van der Waals surface area contributed by atoms with Gasteiger partial charge in [0.1, 0.15) is 0 Å². The van der Waals surface area contributed by atoms with E-state index in [9.17, 15) is 18.3 Å². The van der Waals surface area contributed by atoms with Crippen LogP contribution in [0.2, 0.25) is 0 Å². The number of nitrogens with zero attached hydrogens (tertiary/aromatic N) is 3. The second kappa shape index (κ2) is 10.1. The Kier molecular flexibility index (Phi) is 7.66. The number of sulfonamides is 1. The fourth-order valence-electron chi connectivity index (χ4n) is 3.59. The van der Waals surface area contributed by atoms with Gasteiger partial charge in [0.05, 0.1) is 10.9 Å². The molecule has 0 aliphatic carbocycles. The van der Waals surface area contributed by atoms with Crippen LogP contribution in [0.25, 0.3) is 10.8 Å². The predicted molar refractivity (Wildman–Crippen MR) is 110 cm³/mol. The monoisotopic (exact) mass is 448 g/mol. The van der Waals surface area contributed by atoms with Crippen LogP contribution in [0.1, 0.15) is 23.2 Å². The maximum Gasteiger partial charge on any atom is 1.00 e. The SMILES string of the molecule is O=C([O-])c1cnc(NCC2CCN(S(=O)(=O)c3ccc4ccccc4c3)CC2)nc1.[Na+]. The van der Waals surface area contributed by atoms with Gasteiger partial charge in [-0.2, -0.15) is 4.31 Å². The van der Waals surface area contributed by atoms with Gasteiger partial charge in [-0.25, -0.2) is 18.4 Å². The Bertz CT molecular complexity index is 1160. The van der Waals surface area contributed by atoms with Crippen molar-refractivity contribution in [2.75, 3.05) is 25.0 Å². The molecule has 0 amide bonds. The first-order valence-electron chi connectivity index (χ1n) is 9.70. The summed E-state index contributed by atoms with van der Waals surface area (Å²) in [7, 11) is -3.53. The minimum Gasteiger partial charge on any atom is -0.545 e. The van der Waals surface area contributed by atoms with Crippen LogP contribution in [0, 0.1) is 5.92 Å². The molecular weight excluding hydrogens is 427 g/mol. The first kappa shape index (κ1) is 23.6. The van der Waals surface area contributed by atoms with E-state index < -0.39 is 16.0 Å². The maximum absolute atomic E-state index is 13.0. The number of carboxylic acid groups (broad SMARTS) is 1. The third kappa shape index (κ3) is 5.42. The van der Waals surface area contributed by atoms with E-state index in [1.165, 1.54) is 12.4 Å². The van der Waals surface area contributed by atoms with Crippen molar-refractivity contribution in [1.29, 1.82) is 0 Å². The Balaban J connectivity index is 0.00000272. The Hall–Kier alpha value is -2.04. The molecule has 1 aliphatic heterocycles. The Morgan fingerprint density at radius 2 is 1.71 bits per heavy atom. The van der Waals surface area contributed by atoms with Crippen molar-refractivity contribution < 1.29 is 47.9 Å². The number of piperidine rings is 1. The molecule has 156 valence electrons. The van der Waals surface area contributed by atoms with Crippen molar-refractivity contribution >= 4 is 32.7 Å². The van der Waals surface area contributed by atoms with Gasteiger partial charge in [-0.15, -0.1) is 0 Å². The van der Waals surface area contributed by atoms with Gasteiger partial charge in [-0.3, -0.25) is 0 Å². The summed E-state index contributed by atoms with van der Waals surface area (Å²) < 4.78 is 27.6. The van der Waals surface area contributed by atoms with Gasteiger partial charge < -0.3 is 15.2 Å². The summed E-state index contributed by atoms with van der Waals surface area (Å²) >= 11 is 0. The minimum atomic E-state index is -3.53. The minimum absolute atomic E-state index is 0. The van der Waals surface area contributed by atoms with Gasteiger partial charge in [-0.05, 0) is 41.7 Å². The molecule has 0 saturated carbocycles. The summed E-state index contributed by atoms with van der Waals surface area (Å²) in [6.07, 6.45) is 3.83. The smallest absolute Gasteiger partial charge is 0.545 e. The van der Waals surface area contributed by atoms with Crippen molar-refractivity contribution in [1.82, 2.24) is 14.3 Å². The Labute approximate surface area is 203 Å². The van der Waals surface area contributed by atoms with Crippen LogP contribution >= 0.6 is 0 Å². The number of rotatable bonds is 6. The van der Waals surface area contributed by atoms with E-state index in [2.05, 4.69) is 15.3 Å². The molecule has 1 aromatic heterocycles. The molecule has 1 saturated heterocycles. The molecule has 3 aromatic rings. The zero-order valence-electron chi connectivity index (χ0n) is 17.2. The molecule has 1 aliphatic rings. The number of anilines is 1. The Morgan fingerprint density at radius 1 is 1.06 bits per heavy atom. The van der Waals surface area contributed by atoms with Gasteiger partial charge >= 0.3 is 29.6 Å². The van der Waals surface area contributed by atoms with E-state index in [-0.39, 0.29) is 41.0 Å². The zero-order chi connectivity index (χ0) is 21.1. The summed E-state index contributed by atoms with van der Waals surface area (Å²) in [5.41, 5.74) is -0.0762. The first-order chi connectivity index (χ1) is 14.4. The van der Waals surface area contributed by atoms with Crippen LogP contribution in [-0.2, 0) is 10.0 Å². The molecule has 0 atom stereocenters. The number of hydrogen-bond acceptors (Lipinski definition) is 7. The normalized spacial score (nSPS) is 15.4. The summed E-state index contributed by atoms with van der Waals surface area (Å²) in [5, 5.41) is 15.7. The quantitative estimate of drug-likeness (QED) is 0.457. The number of hydrogen-bond donors (Lipinski definition) is 1. The van der Waals surface area contributed by atoms with Crippen molar-refractivity contribution in [3.05, 3.63) is 60.4 Å². The number of carbonyl (C=O) groups is 1. The standard InChI is InChI=1S/C21H22N4O4S.Na/c26-20(27)18-13-23-21(24-14-18)22-12-15-7-9-25(10-8-15)30(28,29)19-6-5-16-3-1-2-4-17(16)11-19;/h1-6,11,13-15H,7-10,12H2,(H,26,27)(H,22,23,24);/q;+1/p-1. The third-order valence-corrected chi connectivity index (χ3v) is 7.26. The van der Waals surface area contributed by atoms with Crippen molar-refractivity contribution in [2.45, 2.75) is 17.7 Å². The second-order valence-corrected chi connectivity index (χ2v) is 9.26. The molecule has 2 heterocycles. The Morgan fingerprint density at radius 3 is 2.35 bits per heavy atom. The van der Waals surface area contributed by atoms with Crippen LogP contribution in [0.15, 0.2) is 59.8 Å². The van der Waals surface area contributed by atoms with Gasteiger partial charge in [0.2, 0.25) is 16.0 Å². The predicted octanol–water partition coefficient (Wildman–Crippen LogP) is -1.49. The van der Waals surface area contributed by atoms with Crippen LogP contribution in [-0.4, -0.2) is 48.3 Å². The molecule has 2 aromatic carbocycles. The number of benzene rings is 2. The second-order valence-electron chi connectivity index (χ2n) is 7.32. The average Bonchev–Trinajstić information content (AvgIpc) is 2.78. The molecular formula is C21H21N4NaO4S. The molecule has 4 rings (SSSR count). The van der Waals surface area contributed by atoms with Crippen molar-refractivity contribution in [2.24, 2.45) is 5.92 Å². The fraction of sp³-hybridized carbons (Fsp3) is 0.286. The number of nitrogens with one attached hydrogen (secondary N) is 1. The van der Waals surface area contributed by atoms with E-state index in [4.69, 9.17) is 0 Å². The van der Waals surface area contributed by atoms with E-state index in [1.54, 1.807) is 16.4 Å². The number of aromatic nitrogens is 2. The third-order valence-electron chi connectivity index (χ3n) is 5.37. The number of aromatic carboxylic acids is 1. The summed E-state index contributed by atoms with van der Waals surface area (Å²) in [4.78, 5) is 19.0. The molecule has 0 bridgehead atoms.